The number of rotatable bonds is 7. The lowest BCUT2D eigenvalue weighted by Gasteiger charge is -2.54. The van der Waals surface area contributed by atoms with Crippen LogP contribution in [0.1, 0.15) is 6.92 Å². The summed E-state index contributed by atoms with van der Waals surface area (Å²) in [7, 11) is 0. The molecule has 12 atom stereocenters. The first-order valence-corrected chi connectivity index (χ1v) is 10.7. The Labute approximate surface area is 177 Å². The molecule has 2 unspecified atom stereocenters. The van der Waals surface area contributed by atoms with Crippen molar-refractivity contribution in [3.8, 4) is 0 Å². The van der Waals surface area contributed by atoms with Crippen LogP contribution in [0.25, 0.3) is 0 Å². The molecule has 0 amide bonds. The smallest absolute Gasteiger partial charge is 0.150 e. The predicted molar refractivity (Wildman–Crippen MR) is 103 cm³/mol. The zero-order valence-electron chi connectivity index (χ0n) is 15.7. The maximum atomic E-state index is 11.1. The van der Waals surface area contributed by atoms with Gasteiger partial charge in [-0.05, 0) is 6.92 Å². The summed E-state index contributed by atoms with van der Waals surface area (Å²) in [6.45, 7) is -0.0747. The Morgan fingerprint density at radius 3 is 2.10 bits per heavy atom. The first-order chi connectivity index (χ1) is 13.5. The third-order valence-electron chi connectivity index (χ3n) is 5.39. The van der Waals surface area contributed by atoms with Crippen LogP contribution in [-0.4, -0.2) is 136 Å². The van der Waals surface area contributed by atoms with Crippen molar-refractivity contribution >= 4 is 24.4 Å². The summed E-state index contributed by atoms with van der Waals surface area (Å²) in [5.41, 5.74) is -3.69. The maximum Gasteiger partial charge on any atom is 0.150 e. The fourth-order valence-electron chi connectivity index (χ4n) is 3.46. The average Bonchev–Trinajstić information content (AvgIpc) is 2.69. The van der Waals surface area contributed by atoms with Gasteiger partial charge in [-0.2, -0.15) is 12.6 Å². The molecule has 29 heavy (non-hydrogen) atoms. The van der Waals surface area contributed by atoms with Crippen molar-refractivity contribution in [3.05, 3.63) is 0 Å². The minimum absolute atomic E-state index is 0.214. The molecule has 0 aromatic carbocycles. The molecule has 0 radical (unpaired) electrons. The first kappa shape index (κ1) is 25.5. The summed E-state index contributed by atoms with van der Waals surface area (Å²) in [6, 6.07) is 0. The van der Waals surface area contributed by atoms with Crippen molar-refractivity contribution < 1.29 is 55.4 Å². The molecule has 2 heterocycles. The second kappa shape index (κ2) is 10.3. The quantitative estimate of drug-likeness (QED) is 0.163. The molecule has 0 saturated carbocycles. The molecule has 0 aliphatic carbocycles. The number of thioether (sulfide) groups is 1. The molecule has 13 heteroatoms. The van der Waals surface area contributed by atoms with Crippen LogP contribution >= 0.6 is 24.4 Å². The second-order valence-corrected chi connectivity index (χ2v) is 9.18. The topological polar surface area (TPSA) is 201 Å². The Morgan fingerprint density at radius 2 is 1.59 bits per heavy atom. The molecule has 0 aromatic heterocycles. The van der Waals surface area contributed by atoms with Crippen molar-refractivity contribution in [1.29, 1.82) is 0 Å². The van der Waals surface area contributed by atoms with Crippen molar-refractivity contribution in [3.63, 3.8) is 0 Å². The van der Waals surface area contributed by atoms with Gasteiger partial charge < -0.3 is 55.4 Å². The van der Waals surface area contributed by atoms with Crippen LogP contribution in [0, 0.1) is 0 Å². The Balaban J connectivity index is 2.25. The number of hydrogen-bond donors (Lipinski definition) is 10. The molecule has 0 aromatic rings. The van der Waals surface area contributed by atoms with Crippen LogP contribution in [0.3, 0.4) is 0 Å². The van der Waals surface area contributed by atoms with Gasteiger partial charge in [0.1, 0.15) is 54.3 Å². The number of aliphatic hydroxyl groups excluding tert-OH is 8. The fourth-order valence-corrected chi connectivity index (χ4v) is 4.94. The minimum atomic E-state index is -2.58. The Morgan fingerprint density at radius 1 is 0.966 bits per heavy atom. The second-order valence-electron chi connectivity index (χ2n) is 7.39. The van der Waals surface area contributed by atoms with Gasteiger partial charge in [0.2, 0.25) is 0 Å². The molecule has 2 fully saturated rings. The van der Waals surface area contributed by atoms with E-state index in [9.17, 15) is 46.0 Å². The number of hydrogen-bond acceptors (Lipinski definition) is 13. The normalized spacial score (nSPS) is 48.3. The van der Waals surface area contributed by atoms with E-state index in [1.165, 1.54) is 6.92 Å². The fraction of sp³-hybridized carbons (Fsp3) is 1.00. The van der Waals surface area contributed by atoms with Gasteiger partial charge >= 0.3 is 0 Å². The summed E-state index contributed by atoms with van der Waals surface area (Å²) >= 11 is 5.19. The van der Waals surface area contributed by atoms with Crippen molar-refractivity contribution in [2.24, 2.45) is 0 Å². The first-order valence-electron chi connectivity index (χ1n) is 9.13. The summed E-state index contributed by atoms with van der Waals surface area (Å²) in [4.78, 5) is 0. The highest BCUT2D eigenvalue weighted by atomic mass is 32.2. The molecule has 2 rings (SSSR count). The predicted octanol–water partition coefficient (Wildman–Crippen LogP) is -4.59. The number of aliphatic hydroxyl groups is 9. The van der Waals surface area contributed by atoms with E-state index in [2.05, 4.69) is 12.6 Å². The molecule has 2 aliphatic rings. The maximum absolute atomic E-state index is 11.1. The summed E-state index contributed by atoms with van der Waals surface area (Å²) < 4.78 is 10.9. The Kier molecular flexibility index (Phi) is 9.02. The van der Waals surface area contributed by atoms with E-state index in [4.69, 9.17) is 9.47 Å². The minimum Gasteiger partial charge on any atom is -0.394 e. The van der Waals surface area contributed by atoms with Gasteiger partial charge in [0, 0.05) is 11.0 Å². The third kappa shape index (κ3) is 4.87. The zero-order chi connectivity index (χ0) is 22.1. The molecule has 2 saturated heterocycles. The lowest BCUT2D eigenvalue weighted by molar-refractivity contribution is -0.337. The van der Waals surface area contributed by atoms with Gasteiger partial charge in [0.25, 0.3) is 0 Å². The van der Waals surface area contributed by atoms with Crippen LogP contribution in [0.2, 0.25) is 0 Å². The highest BCUT2D eigenvalue weighted by molar-refractivity contribution is 8.00. The number of thiol groups is 1. The average molecular weight is 463 g/mol. The van der Waals surface area contributed by atoms with Gasteiger partial charge in [-0.25, -0.2) is 0 Å². The van der Waals surface area contributed by atoms with Crippen LogP contribution < -0.4 is 0 Å². The summed E-state index contributed by atoms with van der Waals surface area (Å²) in [5.74, 6) is 0.214. The monoisotopic (exact) mass is 462 g/mol. The highest BCUT2D eigenvalue weighted by Gasteiger charge is 2.63. The van der Waals surface area contributed by atoms with Gasteiger partial charge in [-0.15, -0.1) is 11.8 Å². The van der Waals surface area contributed by atoms with Crippen LogP contribution in [0.5, 0.6) is 0 Å². The lowest BCUT2D eigenvalue weighted by Crippen LogP contribution is -2.76. The third-order valence-corrected chi connectivity index (χ3v) is 7.52. The highest BCUT2D eigenvalue weighted by Crippen LogP contribution is 2.41. The van der Waals surface area contributed by atoms with Crippen molar-refractivity contribution in [2.75, 3.05) is 19.0 Å². The van der Waals surface area contributed by atoms with E-state index >= 15 is 0 Å². The molecular formula is C16H30O11S2. The molecule has 11 nitrogen and oxygen atoms in total. The molecule has 9 N–H and O–H groups in total. The molecule has 172 valence electrons. The number of ether oxygens (including phenoxy) is 2. The van der Waals surface area contributed by atoms with E-state index < -0.39 is 84.4 Å². The molecule has 2 aliphatic heterocycles. The Bertz CT molecular complexity index is 523. The van der Waals surface area contributed by atoms with Crippen molar-refractivity contribution in [1.82, 2.24) is 0 Å². The van der Waals surface area contributed by atoms with Crippen molar-refractivity contribution in [2.45, 2.75) is 78.1 Å². The van der Waals surface area contributed by atoms with E-state index in [1.807, 2.05) is 0 Å². The Hall–Kier alpha value is 0.260. The van der Waals surface area contributed by atoms with Gasteiger partial charge in [0.15, 0.2) is 5.60 Å². The molecule has 0 spiro atoms. The largest absolute Gasteiger partial charge is 0.394 e. The SMILES string of the molecule is CC(O)C(S)CS[C@@H]1O[C@H](CO)[C@](O)([C@@H]2O[C@H](CO)[C@@H](O)[C@H](O)[C@H]2O)[C@H](O)[C@H]1O. The van der Waals surface area contributed by atoms with E-state index in [-0.39, 0.29) is 5.75 Å². The van der Waals surface area contributed by atoms with E-state index in [1.54, 1.807) is 0 Å². The van der Waals surface area contributed by atoms with Gasteiger partial charge in [-0.3, -0.25) is 0 Å². The standard InChI is InChI=1S/C16H30O11S2/c1-5(19)7(28)4-29-15-12(23)13(24)16(25,8(3-18)27-15)14-11(22)10(21)9(20)6(2-17)26-14/h5-15,17-25,28H,2-4H2,1H3/t5?,6-,7?,8-,9-,10+,11-,12-,13-,14-,15+,16-/m1/s1. The van der Waals surface area contributed by atoms with Crippen LogP contribution in [0.15, 0.2) is 0 Å². The lowest BCUT2D eigenvalue weighted by atomic mass is 9.75. The van der Waals surface area contributed by atoms with Gasteiger partial charge in [-0.1, -0.05) is 0 Å². The summed E-state index contributed by atoms with van der Waals surface area (Å²) in [5, 5.41) is 90.6. The van der Waals surface area contributed by atoms with E-state index in [0.717, 1.165) is 11.8 Å². The molecular weight excluding hydrogens is 432 g/mol. The zero-order valence-corrected chi connectivity index (χ0v) is 17.4. The van der Waals surface area contributed by atoms with E-state index in [0.29, 0.717) is 0 Å². The molecule has 0 bridgehead atoms. The van der Waals surface area contributed by atoms with Crippen LogP contribution in [0.4, 0.5) is 0 Å². The van der Waals surface area contributed by atoms with Gasteiger partial charge in [0.05, 0.1) is 19.3 Å². The van der Waals surface area contributed by atoms with Crippen LogP contribution in [-0.2, 0) is 9.47 Å². The summed E-state index contributed by atoms with van der Waals surface area (Å²) in [6.07, 6.45) is -14.6.